The number of amides is 1. The lowest BCUT2D eigenvalue weighted by Gasteiger charge is -2.25. The van der Waals surface area contributed by atoms with E-state index in [4.69, 9.17) is 0 Å². The summed E-state index contributed by atoms with van der Waals surface area (Å²) < 4.78 is 0. The number of carbonyl (C=O) groups excluding carboxylic acids is 1. The Bertz CT molecular complexity index is 646. The largest absolute Gasteiger partial charge is 0.347 e. The van der Waals surface area contributed by atoms with E-state index in [0.29, 0.717) is 6.42 Å². The molecule has 0 fully saturated rings. The molecule has 2 aliphatic heterocycles. The third kappa shape index (κ3) is 3.61. The van der Waals surface area contributed by atoms with Gasteiger partial charge in [0.1, 0.15) is 5.01 Å². The van der Waals surface area contributed by atoms with Gasteiger partial charge in [0, 0.05) is 23.7 Å². The van der Waals surface area contributed by atoms with Gasteiger partial charge in [-0.2, -0.15) is 0 Å². The summed E-state index contributed by atoms with van der Waals surface area (Å²) >= 11 is 3.30. The van der Waals surface area contributed by atoms with E-state index in [2.05, 4.69) is 39.4 Å². The van der Waals surface area contributed by atoms with Crippen molar-refractivity contribution in [1.82, 2.24) is 15.2 Å². The molecule has 0 unspecified atom stereocenters. The van der Waals surface area contributed by atoms with Crippen LogP contribution in [0.2, 0.25) is 0 Å². The lowest BCUT2D eigenvalue weighted by atomic mass is 10.2. The zero-order chi connectivity index (χ0) is 16.4. The number of carbonyl (C=O) groups is 1. The first-order valence-electron chi connectivity index (χ1n) is 7.99. The molecule has 0 bridgehead atoms. The molecule has 0 aromatic carbocycles. The predicted octanol–water partition coefficient (Wildman–Crippen LogP) is 3.37. The molecule has 1 aromatic heterocycles. The van der Waals surface area contributed by atoms with E-state index < -0.39 is 0 Å². The summed E-state index contributed by atoms with van der Waals surface area (Å²) in [5.41, 5.74) is 2.12. The Labute approximate surface area is 145 Å². The van der Waals surface area contributed by atoms with Gasteiger partial charge in [-0.05, 0) is 32.1 Å². The second kappa shape index (κ2) is 7.05. The highest BCUT2D eigenvalue weighted by atomic mass is 32.2. The maximum absolute atomic E-state index is 12.5. The number of hydrogen-bond acceptors (Lipinski definition) is 6. The number of aromatic nitrogens is 1. The lowest BCUT2D eigenvalue weighted by Crippen LogP contribution is -2.34. The van der Waals surface area contributed by atoms with Crippen LogP contribution in [0, 0.1) is 13.8 Å². The first-order chi connectivity index (χ1) is 11.1. The topological polar surface area (TPSA) is 57.6 Å². The van der Waals surface area contributed by atoms with Crippen molar-refractivity contribution >= 4 is 34.2 Å². The molecule has 3 heterocycles. The van der Waals surface area contributed by atoms with Crippen LogP contribution in [0.5, 0.6) is 0 Å². The number of aliphatic imine (C=N–C) groups is 1. The van der Waals surface area contributed by atoms with Crippen molar-refractivity contribution in [3.05, 3.63) is 26.7 Å². The molecular weight excluding hydrogens is 328 g/mol. The van der Waals surface area contributed by atoms with E-state index >= 15 is 0 Å². The summed E-state index contributed by atoms with van der Waals surface area (Å²) in [7, 11) is 0. The second-order valence-corrected chi connectivity index (χ2v) is 7.87. The van der Waals surface area contributed by atoms with Crippen LogP contribution in [-0.4, -0.2) is 34.0 Å². The second-order valence-electron chi connectivity index (χ2n) is 5.80. The summed E-state index contributed by atoms with van der Waals surface area (Å²) in [5, 5.41) is 7.24. The van der Waals surface area contributed by atoms with Crippen LogP contribution in [0.15, 0.2) is 16.1 Å². The molecular formula is C16H22N4OS2. The minimum Gasteiger partial charge on any atom is -0.347 e. The van der Waals surface area contributed by atoms with Gasteiger partial charge in [-0.1, -0.05) is 18.7 Å². The maximum atomic E-state index is 12.5. The molecule has 23 heavy (non-hydrogen) atoms. The number of thioether (sulfide) groups is 1. The highest BCUT2D eigenvalue weighted by Crippen LogP contribution is 2.31. The van der Waals surface area contributed by atoms with E-state index in [1.807, 2.05) is 6.92 Å². The number of thiazole rings is 1. The van der Waals surface area contributed by atoms with Crippen LogP contribution in [0.25, 0.3) is 0 Å². The fourth-order valence-electron chi connectivity index (χ4n) is 2.67. The quantitative estimate of drug-likeness (QED) is 0.884. The molecule has 1 N–H and O–H groups in total. The molecule has 0 saturated heterocycles. The van der Waals surface area contributed by atoms with Crippen LogP contribution in [-0.2, 0) is 4.79 Å². The van der Waals surface area contributed by atoms with Gasteiger partial charge >= 0.3 is 0 Å². The Morgan fingerprint density at radius 3 is 3.00 bits per heavy atom. The van der Waals surface area contributed by atoms with Gasteiger partial charge in [0.25, 0.3) is 0 Å². The Kier molecular flexibility index (Phi) is 5.06. The summed E-state index contributed by atoms with van der Waals surface area (Å²) in [6.45, 7) is 8.03. The van der Waals surface area contributed by atoms with Crippen molar-refractivity contribution in [2.75, 3.05) is 13.1 Å². The van der Waals surface area contributed by atoms with Gasteiger partial charge in [0.05, 0.1) is 18.2 Å². The van der Waals surface area contributed by atoms with Gasteiger partial charge in [0.15, 0.2) is 5.17 Å². The van der Waals surface area contributed by atoms with Gasteiger partial charge in [0.2, 0.25) is 5.91 Å². The molecule has 0 aliphatic carbocycles. The number of nitrogens with one attached hydrogen (secondary N) is 1. The molecule has 2 aliphatic rings. The summed E-state index contributed by atoms with van der Waals surface area (Å²) in [6.07, 6.45) is 2.31. The van der Waals surface area contributed by atoms with E-state index in [0.717, 1.165) is 47.5 Å². The van der Waals surface area contributed by atoms with Crippen LogP contribution < -0.4 is 5.32 Å². The zero-order valence-corrected chi connectivity index (χ0v) is 15.4. The molecule has 1 atom stereocenters. The number of fused-ring (bicyclic) bond motifs is 1. The Morgan fingerprint density at radius 2 is 2.30 bits per heavy atom. The van der Waals surface area contributed by atoms with Gasteiger partial charge in [-0.3, -0.25) is 9.79 Å². The molecule has 0 spiro atoms. The minimum absolute atomic E-state index is 0.00375. The molecule has 1 amide bonds. The molecule has 3 rings (SSSR count). The monoisotopic (exact) mass is 350 g/mol. The van der Waals surface area contributed by atoms with Crippen LogP contribution in [0.4, 0.5) is 0 Å². The first kappa shape index (κ1) is 16.5. The van der Waals surface area contributed by atoms with E-state index in [9.17, 15) is 4.79 Å². The van der Waals surface area contributed by atoms with E-state index in [1.165, 1.54) is 4.88 Å². The van der Waals surface area contributed by atoms with Crippen LogP contribution >= 0.6 is 23.1 Å². The first-order valence-corrected chi connectivity index (χ1v) is 9.69. The highest BCUT2D eigenvalue weighted by Gasteiger charge is 2.27. The Balaban J connectivity index is 1.62. The molecule has 0 radical (unpaired) electrons. The minimum atomic E-state index is 0.00375. The van der Waals surface area contributed by atoms with Crippen molar-refractivity contribution in [2.24, 2.45) is 4.99 Å². The Hall–Kier alpha value is -1.34. The fraction of sp³-hybridized carbons (Fsp3) is 0.562. The highest BCUT2D eigenvalue weighted by molar-refractivity contribution is 8.16. The third-order valence-corrected chi connectivity index (χ3v) is 6.23. The third-order valence-electron chi connectivity index (χ3n) is 4.09. The molecule has 1 aromatic rings. The number of amidine groups is 1. The average molecular weight is 351 g/mol. The molecule has 7 heteroatoms. The van der Waals surface area contributed by atoms with Crippen LogP contribution in [0.3, 0.4) is 0 Å². The van der Waals surface area contributed by atoms with Crippen LogP contribution in [0.1, 0.15) is 47.8 Å². The molecule has 0 saturated carbocycles. The normalized spacial score (nSPS) is 18.3. The maximum Gasteiger partial charge on any atom is 0.226 e. The Morgan fingerprint density at radius 1 is 1.48 bits per heavy atom. The number of hydrogen-bond donors (Lipinski definition) is 1. The predicted molar refractivity (Wildman–Crippen MR) is 96.7 cm³/mol. The summed E-state index contributed by atoms with van der Waals surface area (Å²) in [5.74, 6) is 0.0565. The molecule has 5 nitrogen and oxygen atoms in total. The van der Waals surface area contributed by atoms with Crippen molar-refractivity contribution in [3.63, 3.8) is 0 Å². The lowest BCUT2D eigenvalue weighted by molar-refractivity contribution is -0.121. The average Bonchev–Trinajstić information content (AvgIpc) is 3.09. The molecule has 124 valence electrons. The fourth-order valence-corrected chi connectivity index (χ4v) is 4.68. The van der Waals surface area contributed by atoms with Gasteiger partial charge < -0.3 is 10.2 Å². The van der Waals surface area contributed by atoms with Crippen molar-refractivity contribution in [3.8, 4) is 0 Å². The van der Waals surface area contributed by atoms with Gasteiger partial charge in [-0.25, -0.2) is 4.98 Å². The van der Waals surface area contributed by atoms with Crippen molar-refractivity contribution in [2.45, 2.75) is 46.1 Å². The zero-order valence-electron chi connectivity index (χ0n) is 13.8. The summed E-state index contributed by atoms with van der Waals surface area (Å²) in [4.78, 5) is 24.9. The van der Waals surface area contributed by atoms with Crippen molar-refractivity contribution < 1.29 is 4.79 Å². The number of rotatable bonds is 5. The number of aryl methyl sites for hydroxylation is 2. The summed E-state index contributed by atoms with van der Waals surface area (Å²) in [6, 6.07) is 0.00375. The smallest absolute Gasteiger partial charge is 0.226 e. The van der Waals surface area contributed by atoms with E-state index in [-0.39, 0.29) is 11.9 Å². The SMILES string of the molecule is CC[C@H](NC(=O)CC1=CSC2=NCCCN12)c1nc(C)c(C)s1. The van der Waals surface area contributed by atoms with Gasteiger partial charge in [-0.15, -0.1) is 11.3 Å². The number of nitrogens with zero attached hydrogens (tertiary/aromatic N) is 3. The van der Waals surface area contributed by atoms with Crippen molar-refractivity contribution in [1.29, 1.82) is 0 Å². The van der Waals surface area contributed by atoms with E-state index in [1.54, 1.807) is 23.1 Å². The standard InChI is InChI=1S/C16H22N4OS2/c1-4-13(15-18-10(2)11(3)23-15)19-14(21)8-12-9-22-16-17-6-5-7-20(12)16/h9,13H,4-8H2,1-3H3,(H,19,21)/t13-/m0/s1.